The summed E-state index contributed by atoms with van der Waals surface area (Å²) in [5.41, 5.74) is -0.379. The third-order valence-corrected chi connectivity index (χ3v) is 3.99. The van der Waals surface area contributed by atoms with E-state index in [1.807, 2.05) is 6.92 Å². The normalized spacial score (nSPS) is 27.0. The Balaban J connectivity index is 2.40. The Kier molecular flexibility index (Phi) is 5.73. The van der Waals surface area contributed by atoms with Crippen LogP contribution in [0.1, 0.15) is 46.0 Å². The van der Waals surface area contributed by atoms with Crippen LogP contribution in [-0.4, -0.2) is 36.0 Å². The molecule has 0 aromatic carbocycles. The van der Waals surface area contributed by atoms with Crippen LogP contribution in [0.15, 0.2) is 0 Å². The van der Waals surface area contributed by atoms with Gasteiger partial charge in [0.05, 0.1) is 13.2 Å². The van der Waals surface area contributed by atoms with Crippen LogP contribution in [0.4, 0.5) is 0 Å². The van der Waals surface area contributed by atoms with Gasteiger partial charge in [-0.25, -0.2) is 0 Å². The Morgan fingerprint density at radius 3 is 2.38 bits per heavy atom. The maximum Gasteiger partial charge on any atom is 0.0518 e. The van der Waals surface area contributed by atoms with Crippen LogP contribution in [-0.2, 0) is 0 Å². The molecule has 0 aliphatic heterocycles. The molecule has 1 rings (SSSR count). The van der Waals surface area contributed by atoms with Gasteiger partial charge in [0.15, 0.2) is 0 Å². The molecule has 0 aromatic heterocycles. The molecule has 3 N–H and O–H groups in total. The summed E-state index contributed by atoms with van der Waals surface area (Å²) in [6.07, 6.45) is 6.46. The third-order valence-electron chi connectivity index (χ3n) is 3.99. The lowest BCUT2D eigenvalue weighted by Crippen LogP contribution is -2.46. The average molecular weight is 229 g/mol. The molecule has 1 fully saturated rings. The molecule has 0 bridgehead atoms. The maximum atomic E-state index is 9.24. The molecule has 1 saturated carbocycles. The van der Waals surface area contributed by atoms with E-state index < -0.39 is 0 Å². The van der Waals surface area contributed by atoms with Crippen LogP contribution >= 0.6 is 0 Å². The molecule has 16 heavy (non-hydrogen) atoms. The van der Waals surface area contributed by atoms with Crippen LogP contribution in [0.25, 0.3) is 0 Å². The topological polar surface area (TPSA) is 52.5 Å². The van der Waals surface area contributed by atoms with E-state index in [4.69, 9.17) is 0 Å². The van der Waals surface area contributed by atoms with Crippen molar-refractivity contribution in [1.82, 2.24) is 5.32 Å². The van der Waals surface area contributed by atoms with Crippen molar-refractivity contribution in [3.05, 3.63) is 0 Å². The molecular weight excluding hydrogens is 202 g/mol. The highest BCUT2D eigenvalue weighted by Crippen LogP contribution is 2.27. The molecule has 2 atom stereocenters. The fourth-order valence-electron chi connectivity index (χ4n) is 2.50. The lowest BCUT2D eigenvalue weighted by molar-refractivity contribution is 0.0628. The molecule has 0 spiro atoms. The first-order valence-electron chi connectivity index (χ1n) is 6.60. The molecule has 0 aromatic rings. The van der Waals surface area contributed by atoms with Crippen molar-refractivity contribution in [2.45, 2.75) is 52.0 Å². The van der Waals surface area contributed by atoms with Gasteiger partial charge in [0.1, 0.15) is 0 Å². The minimum absolute atomic E-state index is 0.0417. The van der Waals surface area contributed by atoms with Gasteiger partial charge in [-0.05, 0) is 18.8 Å². The van der Waals surface area contributed by atoms with Crippen LogP contribution in [0, 0.1) is 11.3 Å². The molecule has 2 unspecified atom stereocenters. The molecule has 0 radical (unpaired) electrons. The fraction of sp³-hybridized carbons (Fsp3) is 1.00. The van der Waals surface area contributed by atoms with Gasteiger partial charge in [-0.2, -0.15) is 0 Å². The van der Waals surface area contributed by atoms with Gasteiger partial charge in [-0.1, -0.05) is 33.1 Å². The van der Waals surface area contributed by atoms with Crippen LogP contribution in [0.5, 0.6) is 0 Å². The Bertz CT molecular complexity index is 192. The zero-order valence-electron chi connectivity index (χ0n) is 10.7. The van der Waals surface area contributed by atoms with Gasteiger partial charge >= 0.3 is 0 Å². The van der Waals surface area contributed by atoms with E-state index in [0.29, 0.717) is 12.6 Å². The van der Waals surface area contributed by atoms with Gasteiger partial charge in [0.2, 0.25) is 0 Å². The zero-order chi connectivity index (χ0) is 12.0. The number of aliphatic hydroxyl groups is 2. The van der Waals surface area contributed by atoms with Crippen LogP contribution < -0.4 is 5.32 Å². The molecule has 3 nitrogen and oxygen atoms in total. The summed E-state index contributed by atoms with van der Waals surface area (Å²) in [6.45, 7) is 4.97. The molecular formula is C13H27NO2. The van der Waals surface area contributed by atoms with E-state index in [0.717, 1.165) is 5.92 Å². The average Bonchev–Trinajstić information content (AvgIpc) is 2.36. The van der Waals surface area contributed by atoms with E-state index in [1.54, 1.807) is 0 Å². The Labute approximate surface area is 99.3 Å². The first-order valence-corrected chi connectivity index (χ1v) is 6.60. The Morgan fingerprint density at radius 1 is 1.19 bits per heavy atom. The van der Waals surface area contributed by atoms with Gasteiger partial charge < -0.3 is 15.5 Å². The molecule has 0 saturated heterocycles. The molecule has 0 heterocycles. The predicted octanol–water partition coefficient (Wildman–Crippen LogP) is 1.54. The lowest BCUT2D eigenvalue weighted by Gasteiger charge is -2.35. The van der Waals surface area contributed by atoms with Crippen molar-refractivity contribution in [2.75, 3.05) is 19.8 Å². The number of hydrogen-bond acceptors (Lipinski definition) is 3. The molecule has 96 valence electrons. The number of nitrogens with one attached hydrogen (secondary N) is 1. The van der Waals surface area contributed by atoms with E-state index in [1.165, 1.54) is 32.1 Å². The summed E-state index contributed by atoms with van der Waals surface area (Å²) in [5, 5.41) is 22.0. The van der Waals surface area contributed by atoms with Crippen LogP contribution in [0.3, 0.4) is 0 Å². The van der Waals surface area contributed by atoms with Crippen molar-refractivity contribution in [1.29, 1.82) is 0 Å². The quantitative estimate of drug-likeness (QED) is 0.647. The Morgan fingerprint density at radius 2 is 1.81 bits per heavy atom. The lowest BCUT2D eigenvalue weighted by atomic mass is 9.82. The highest BCUT2D eigenvalue weighted by Gasteiger charge is 2.27. The zero-order valence-corrected chi connectivity index (χ0v) is 10.7. The minimum Gasteiger partial charge on any atom is -0.396 e. The van der Waals surface area contributed by atoms with E-state index in [9.17, 15) is 10.2 Å². The van der Waals surface area contributed by atoms with Crippen molar-refractivity contribution < 1.29 is 10.2 Å². The van der Waals surface area contributed by atoms with E-state index in [2.05, 4.69) is 12.2 Å². The predicted molar refractivity (Wildman–Crippen MR) is 66.3 cm³/mol. The van der Waals surface area contributed by atoms with Crippen LogP contribution in [0.2, 0.25) is 0 Å². The minimum atomic E-state index is -0.379. The van der Waals surface area contributed by atoms with Gasteiger partial charge in [0, 0.05) is 18.0 Å². The maximum absolute atomic E-state index is 9.24. The first-order chi connectivity index (χ1) is 7.65. The highest BCUT2D eigenvalue weighted by molar-refractivity contribution is 4.83. The number of rotatable bonds is 6. The first kappa shape index (κ1) is 13.9. The summed E-state index contributed by atoms with van der Waals surface area (Å²) in [7, 11) is 0. The molecule has 1 aliphatic carbocycles. The largest absolute Gasteiger partial charge is 0.396 e. The molecule has 0 amide bonds. The summed E-state index contributed by atoms with van der Waals surface area (Å²) in [5.74, 6) is 0.774. The van der Waals surface area contributed by atoms with Gasteiger partial charge in [-0.3, -0.25) is 0 Å². The summed E-state index contributed by atoms with van der Waals surface area (Å²) in [4.78, 5) is 0. The highest BCUT2D eigenvalue weighted by atomic mass is 16.3. The SMILES string of the molecule is CCC1CCCCC1NCC(C)(CO)CO. The van der Waals surface area contributed by atoms with Gasteiger partial charge in [-0.15, -0.1) is 0 Å². The monoisotopic (exact) mass is 229 g/mol. The fourth-order valence-corrected chi connectivity index (χ4v) is 2.50. The summed E-state index contributed by atoms with van der Waals surface area (Å²) >= 11 is 0. The molecule has 1 aliphatic rings. The number of aliphatic hydroxyl groups excluding tert-OH is 2. The van der Waals surface area contributed by atoms with Gasteiger partial charge in [0.25, 0.3) is 0 Å². The smallest absolute Gasteiger partial charge is 0.0518 e. The molecule has 3 heteroatoms. The summed E-state index contributed by atoms with van der Waals surface area (Å²) < 4.78 is 0. The van der Waals surface area contributed by atoms with Crippen molar-refractivity contribution >= 4 is 0 Å². The van der Waals surface area contributed by atoms with E-state index >= 15 is 0 Å². The Hall–Kier alpha value is -0.120. The van der Waals surface area contributed by atoms with Crippen molar-refractivity contribution in [3.8, 4) is 0 Å². The second-order valence-corrected chi connectivity index (χ2v) is 5.57. The summed E-state index contributed by atoms with van der Waals surface area (Å²) in [6, 6.07) is 0.580. The second kappa shape index (κ2) is 6.58. The van der Waals surface area contributed by atoms with Crippen molar-refractivity contribution in [3.63, 3.8) is 0 Å². The standard InChI is InChI=1S/C13H27NO2/c1-3-11-6-4-5-7-12(11)14-8-13(2,9-15)10-16/h11-12,14-16H,3-10H2,1-2H3. The van der Waals surface area contributed by atoms with Crippen molar-refractivity contribution in [2.24, 2.45) is 11.3 Å². The number of hydrogen-bond donors (Lipinski definition) is 3. The third kappa shape index (κ3) is 3.72. The van der Waals surface area contributed by atoms with E-state index in [-0.39, 0.29) is 18.6 Å². The second-order valence-electron chi connectivity index (χ2n) is 5.57.